The number of nitrogens with zero attached hydrogens (tertiary/aromatic N) is 2. The summed E-state index contributed by atoms with van der Waals surface area (Å²) in [6, 6.07) is 6.39. The molecule has 1 atom stereocenters. The first-order valence-electron chi connectivity index (χ1n) is 7.87. The maximum absolute atomic E-state index is 13.0. The second-order valence-corrected chi connectivity index (χ2v) is 5.92. The van der Waals surface area contributed by atoms with Gasteiger partial charge in [-0.15, -0.1) is 0 Å². The van der Waals surface area contributed by atoms with E-state index in [9.17, 15) is 4.39 Å². The molecular formula is C18H21FN2. The number of unbranched alkanes of at least 4 members (excludes halogenated alkanes) is 1. The van der Waals surface area contributed by atoms with Gasteiger partial charge in [-0.05, 0) is 55.0 Å². The van der Waals surface area contributed by atoms with Crippen LogP contribution in [0.1, 0.15) is 43.9 Å². The average molecular weight is 284 g/mol. The Kier molecular flexibility index (Phi) is 4.28. The molecule has 0 bridgehead atoms. The van der Waals surface area contributed by atoms with Gasteiger partial charge in [0.05, 0.1) is 0 Å². The van der Waals surface area contributed by atoms with Crippen molar-refractivity contribution in [2.24, 2.45) is 5.92 Å². The number of hydrogen-bond acceptors (Lipinski definition) is 2. The molecule has 0 saturated heterocycles. The molecule has 2 aromatic rings. The van der Waals surface area contributed by atoms with Gasteiger partial charge in [0.2, 0.25) is 0 Å². The van der Waals surface area contributed by atoms with E-state index < -0.39 is 0 Å². The zero-order chi connectivity index (χ0) is 14.7. The number of aromatic nitrogens is 2. The maximum atomic E-state index is 13.0. The molecule has 1 aromatic heterocycles. The van der Waals surface area contributed by atoms with E-state index in [0.717, 1.165) is 24.3 Å². The summed E-state index contributed by atoms with van der Waals surface area (Å²) in [5, 5.41) is 0. The molecule has 0 fully saturated rings. The highest BCUT2D eigenvalue weighted by molar-refractivity contribution is 5.55. The Bertz CT molecular complexity index is 607. The topological polar surface area (TPSA) is 25.8 Å². The summed E-state index contributed by atoms with van der Waals surface area (Å²) in [6.45, 7) is 2.24. The zero-order valence-electron chi connectivity index (χ0n) is 12.5. The van der Waals surface area contributed by atoms with Crippen LogP contribution in [0.15, 0.2) is 30.5 Å². The molecule has 0 radical (unpaired) electrons. The van der Waals surface area contributed by atoms with Crippen molar-refractivity contribution in [3.05, 3.63) is 47.5 Å². The molecule has 1 aliphatic carbocycles. The minimum absolute atomic E-state index is 0.226. The molecule has 1 unspecified atom stereocenters. The third-order valence-electron chi connectivity index (χ3n) is 4.32. The number of rotatable bonds is 4. The molecule has 0 N–H and O–H groups in total. The van der Waals surface area contributed by atoms with Gasteiger partial charge in [0.1, 0.15) is 5.82 Å². The lowest BCUT2D eigenvalue weighted by molar-refractivity contribution is 0.408. The molecule has 0 spiro atoms. The molecule has 0 saturated carbocycles. The Balaban J connectivity index is 1.78. The predicted octanol–water partition coefficient (Wildman–Crippen LogP) is 4.58. The Labute approximate surface area is 125 Å². The lowest BCUT2D eigenvalue weighted by Crippen LogP contribution is -2.16. The Morgan fingerprint density at radius 3 is 2.81 bits per heavy atom. The van der Waals surface area contributed by atoms with Crippen molar-refractivity contribution in [3.63, 3.8) is 0 Å². The molecule has 0 aliphatic heterocycles. The molecule has 0 amide bonds. The number of halogens is 1. The lowest BCUT2D eigenvalue weighted by atomic mass is 9.84. The fraction of sp³-hybridized carbons (Fsp3) is 0.444. The van der Waals surface area contributed by atoms with Crippen LogP contribution in [0.2, 0.25) is 0 Å². The second kappa shape index (κ2) is 6.33. The summed E-state index contributed by atoms with van der Waals surface area (Å²) in [5.41, 5.74) is 3.36. The average Bonchev–Trinajstić information content (AvgIpc) is 2.53. The van der Waals surface area contributed by atoms with Gasteiger partial charge in [0.15, 0.2) is 5.82 Å². The molecule has 3 heteroatoms. The van der Waals surface area contributed by atoms with Crippen molar-refractivity contribution in [2.45, 2.75) is 45.4 Å². The van der Waals surface area contributed by atoms with E-state index in [4.69, 9.17) is 4.98 Å². The van der Waals surface area contributed by atoms with E-state index in [1.165, 1.54) is 49.1 Å². The highest BCUT2D eigenvalue weighted by Crippen LogP contribution is 2.28. The van der Waals surface area contributed by atoms with Crippen LogP contribution in [0, 0.1) is 11.7 Å². The summed E-state index contributed by atoms with van der Waals surface area (Å²) in [6.07, 6.45) is 9.25. The van der Waals surface area contributed by atoms with Crippen LogP contribution < -0.4 is 0 Å². The Morgan fingerprint density at radius 2 is 2.05 bits per heavy atom. The summed E-state index contributed by atoms with van der Waals surface area (Å²) in [5.74, 6) is 1.27. The van der Waals surface area contributed by atoms with E-state index in [0.29, 0.717) is 5.82 Å². The number of fused-ring (bicyclic) bond motifs is 1. The fourth-order valence-electron chi connectivity index (χ4n) is 3.06. The van der Waals surface area contributed by atoms with Gasteiger partial charge in [-0.3, -0.25) is 0 Å². The first-order valence-corrected chi connectivity index (χ1v) is 7.87. The third kappa shape index (κ3) is 3.29. The highest BCUT2D eigenvalue weighted by atomic mass is 19.1. The van der Waals surface area contributed by atoms with Gasteiger partial charge < -0.3 is 0 Å². The molecular weight excluding hydrogens is 263 g/mol. The van der Waals surface area contributed by atoms with E-state index in [1.54, 1.807) is 12.1 Å². The quantitative estimate of drug-likeness (QED) is 0.821. The normalized spacial score (nSPS) is 17.5. The van der Waals surface area contributed by atoms with Crippen LogP contribution in [-0.4, -0.2) is 9.97 Å². The predicted molar refractivity (Wildman–Crippen MR) is 82.5 cm³/mol. The number of benzene rings is 1. The van der Waals surface area contributed by atoms with E-state index in [2.05, 4.69) is 11.9 Å². The SMILES string of the molecule is CCCCC1CCc2nc(-c3ccc(F)cc3)ncc2C1. The summed E-state index contributed by atoms with van der Waals surface area (Å²) in [7, 11) is 0. The largest absolute Gasteiger partial charge is 0.236 e. The van der Waals surface area contributed by atoms with Crippen LogP contribution >= 0.6 is 0 Å². The van der Waals surface area contributed by atoms with Gasteiger partial charge in [0.25, 0.3) is 0 Å². The van der Waals surface area contributed by atoms with Gasteiger partial charge in [0, 0.05) is 17.5 Å². The van der Waals surface area contributed by atoms with Crippen LogP contribution in [0.25, 0.3) is 11.4 Å². The molecule has 110 valence electrons. The van der Waals surface area contributed by atoms with Crippen molar-refractivity contribution < 1.29 is 4.39 Å². The zero-order valence-corrected chi connectivity index (χ0v) is 12.5. The Hall–Kier alpha value is -1.77. The van der Waals surface area contributed by atoms with Gasteiger partial charge in [-0.25, -0.2) is 14.4 Å². The number of hydrogen-bond donors (Lipinski definition) is 0. The lowest BCUT2D eigenvalue weighted by Gasteiger charge is -2.23. The molecule has 2 nitrogen and oxygen atoms in total. The van der Waals surface area contributed by atoms with Gasteiger partial charge in [-0.2, -0.15) is 0 Å². The van der Waals surface area contributed by atoms with Crippen molar-refractivity contribution in [1.82, 2.24) is 9.97 Å². The van der Waals surface area contributed by atoms with E-state index in [1.807, 2.05) is 6.20 Å². The number of aryl methyl sites for hydroxylation is 1. The molecule has 1 heterocycles. The molecule has 21 heavy (non-hydrogen) atoms. The standard InChI is InChI=1S/C18H21FN2/c1-2-3-4-13-5-10-17-15(11-13)12-20-18(21-17)14-6-8-16(19)9-7-14/h6-9,12-13H,2-5,10-11H2,1H3. The fourth-order valence-corrected chi connectivity index (χ4v) is 3.06. The van der Waals surface area contributed by atoms with Crippen LogP contribution in [-0.2, 0) is 12.8 Å². The first-order chi connectivity index (χ1) is 10.3. The summed E-state index contributed by atoms with van der Waals surface area (Å²) in [4.78, 5) is 9.17. The third-order valence-corrected chi connectivity index (χ3v) is 4.32. The minimum Gasteiger partial charge on any atom is -0.236 e. The maximum Gasteiger partial charge on any atom is 0.159 e. The molecule has 3 rings (SSSR count). The highest BCUT2D eigenvalue weighted by Gasteiger charge is 2.20. The van der Waals surface area contributed by atoms with Crippen molar-refractivity contribution in [2.75, 3.05) is 0 Å². The van der Waals surface area contributed by atoms with Crippen molar-refractivity contribution in [1.29, 1.82) is 0 Å². The van der Waals surface area contributed by atoms with Crippen molar-refractivity contribution >= 4 is 0 Å². The molecule has 1 aromatic carbocycles. The van der Waals surface area contributed by atoms with Gasteiger partial charge in [-0.1, -0.05) is 26.2 Å². The summed E-state index contributed by atoms with van der Waals surface area (Å²) < 4.78 is 13.0. The van der Waals surface area contributed by atoms with Crippen LogP contribution in [0.5, 0.6) is 0 Å². The first kappa shape index (κ1) is 14.2. The van der Waals surface area contributed by atoms with E-state index in [-0.39, 0.29) is 5.82 Å². The van der Waals surface area contributed by atoms with Crippen molar-refractivity contribution in [3.8, 4) is 11.4 Å². The van der Waals surface area contributed by atoms with E-state index >= 15 is 0 Å². The van der Waals surface area contributed by atoms with Crippen LogP contribution in [0.3, 0.4) is 0 Å². The van der Waals surface area contributed by atoms with Crippen LogP contribution in [0.4, 0.5) is 4.39 Å². The monoisotopic (exact) mass is 284 g/mol. The molecule has 1 aliphatic rings. The Morgan fingerprint density at radius 1 is 1.24 bits per heavy atom. The van der Waals surface area contributed by atoms with Gasteiger partial charge >= 0.3 is 0 Å². The minimum atomic E-state index is -0.226. The smallest absolute Gasteiger partial charge is 0.159 e. The summed E-state index contributed by atoms with van der Waals surface area (Å²) >= 11 is 0. The second-order valence-electron chi connectivity index (χ2n) is 5.92.